The number of benzene rings is 1. The van der Waals surface area contributed by atoms with Crippen LogP contribution in [0.2, 0.25) is 0 Å². The summed E-state index contributed by atoms with van der Waals surface area (Å²) in [6.07, 6.45) is 4.39. The summed E-state index contributed by atoms with van der Waals surface area (Å²) in [5, 5.41) is 12.7. The van der Waals surface area contributed by atoms with Gasteiger partial charge in [-0.15, -0.1) is 0 Å². The summed E-state index contributed by atoms with van der Waals surface area (Å²) < 4.78 is 0. The third-order valence-electron chi connectivity index (χ3n) is 3.08. The largest absolute Gasteiger partial charge is 0.508 e. The number of hydrogen-bond donors (Lipinski definition) is 2. The van der Waals surface area contributed by atoms with Gasteiger partial charge in [-0.2, -0.15) is 0 Å². The number of aryl methyl sites for hydroxylation is 1. The Bertz CT molecular complexity index is 396. The van der Waals surface area contributed by atoms with Crippen molar-refractivity contribution in [2.75, 3.05) is 7.05 Å². The zero-order valence-electron chi connectivity index (χ0n) is 9.25. The molecule has 2 N–H and O–H groups in total. The van der Waals surface area contributed by atoms with Crippen molar-refractivity contribution in [2.24, 2.45) is 0 Å². The first-order chi connectivity index (χ1) is 7.22. The van der Waals surface area contributed by atoms with Gasteiger partial charge in [-0.05, 0) is 55.6 Å². The maximum absolute atomic E-state index is 9.44. The summed E-state index contributed by atoms with van der Waals surface area (Å²) in [7, 11) is 1.97. The van der Waals surface area contributed by atoms with Gasteiger partial charge in [0.2, 0.25) is 0 Å². The molecule has 0 radical (unpaired) electrons. The lowest BCUT2D eigenvalue weighted by atomic mass is 9.87. The van der Waals surface area contributed by atoms with Crippen molar-refractivity contribution in [2.45, 2.75) is 25.8 Å². The highest BCUT2D eigenvalue weighted by Gasteiger charge is 2.16. The molecule has 0 aliphatic heterocycles. The Balaban J connectivity index is 2.42. The molecule has 2 heteroatoms. The highest BCUT2D eigenvalue weighted by Crippen LogP contribution is 2.30. The van der Waals surface area contributed by atoms with Crippen molar-refractivity contribution in [3.63, 3.8) is 0 Å². The monoisotopic (exact) mass is 203 g/mol. The molecule has 0 spiro atoms. The average molecular weight is 203 g/mol. The van der Waals surface area contributed by atoms with Crippen LogP contribution in [0.5, 0.6) is 5.75 Å². The van der Waals surface area contributed by atoms with Gasteiger partial charge in [-0.25, -0.2) is 0 Å². The van der Waals surface area contributed by atoms with Gasteiger partial charge in [0.1, 0.15) is 5.75 Å². The minimum absolute atomic E-state index is 0.368. The molecule has 1 atom stereocenters. The lowest BCUT2D eigenvalue weighted by Gasteiger charge is -2.22. The van der Waals surface area contributed by atoms with E-state index in [9.17, 15) is 5.11 Å². The van der Waals surface area contributed by atoms with E-state index >= 15 is 0 Å². The molecular weight excluding hydrogens is 186 g/mol. The van der Waals surface area contributed by atoms with E-state index in [1.165, 1.54) is 16.7 Å². The van der Waals surface area contributed by atoms with E-state index in [1.807, 2.05) is 19.2 Å². The van der Waals surface area contributed by atoms with Gasteiger partial charge in [0.15, 0.2) is 0 Å². The van der Waals surface area contributed by atoms with Gasteiger partial charge in [0.05, 0.1) is 0 Å². The number of aromatic hydroxyl groups is 1. The van der Waals surface area contributed by atoms with Crippen LogP contribution in [0.25, 0.3) is 5.57 Å². The maximum atomic E-state index is 9.44. The van der Waals surface area contributed by atoms with Gasteiger partial charge in [-0.3, -0.25) is 0 Å². The van der Waals surface area contributed by atoms with E-state index in [0.717, 1.165) is 12.8 Å². The minimum Gasteiger partial charge on any atom is -0.508 e. The second kappa shape index (κ2) is 4.07. The van der Waals surface area contributed by atoms with Crippen LogP contribution in [-0.2, 0) is 6.42 Å². The first-order valence-electron chi connectivity index (χ1n) is 5.42. The van der Waals surface area contributed by atoms with E-state index in [0.29, 0.717) is 11.8 Å². The molecule has 0 amide bonds. The zero-order valence-corrected chi connectivity index (χ0v) is 9.25. The standard InChI is InChI=1S/C13H17NO/c1-9(14-2)12-5-3-4-10-8-11(15)6-7-13(10)12/h5-9,14-15H,3-4H2,1-2H3. The van der Waals surface area contributed by atoms with E-state index in [-0.39, 0.29) is 0 Å². The molecule has 1 aliphatic carbocycles. The normalized spacial score (nSPS) is 16.8. The summed E-state index contributed by atoms with van der Waals surface area (Å²) in [4.78, 5) is 0. The molecule has 1 aromatic carbocycles. The Morgan fingerprint density at radius 2 is 2.20 bits per heavy atom. The van der Waals surface area contributed by atoms with Crippen LogP contribution in [0.3, 0.4) is 0 Å². The van der Waals surface area contributed by atoms with E-state index in [4.69, 9.17) is 0 Å². The van der Waals surface area contributed by atoms with Crippen molar-refractivity contribution in [1.82, 2.24) is 5.32 Å². The first kappa shape index (κ1) is 10.2. The molecule has 0 aromatic heterocycles. The molecular formula is C13H17NO. The third kappa shape index (κ3) is 1.90. The van der Waals surface area contributed by atoms with Crippen LogP contribution < -0.4 is 5.32 Å². The summed E-state index contributed by atoms with van der Waals surface area (Å²) in [6, 6.07) is 6.03. The number of nitrogens with one attached hydrogen (secondary N) is 1. The summed E-state index contributed by atoms with van der Waals surface area (Å²) in [5.41, 5.74) is 3.88. The first-order valence-corrected chi connectivity index (χ1v) is 5.42. The van der Waals surface area contributed by atoms with Gasteiger partial charge < -0.3 is 10.4 Å². The van der Waals surface area contributed by atoms with Crippen molar-refractivity contribution >= 4 is 5.57 Å². The van der Waals surface area contributed by atoms with Crippen LogP contribution >= 0.6 is 0 Å². The lowest BCUT2D eigenvalue weighted by molar-refractivity contribution is 0.474. The molecule has 2 nitrogen and oxygen atoms in total. The molecule has 0 fully saturated rings. The quantitative estimate of drug-likeness (QED) is 0.773. The molecule has 80 valence electrons. The van der Waals surface area contributed by atoms with E-state index < -0.39 is 0 Å². The molecule has 15 heavy (non-hydrogen) atoms. The predicted octanol–water partition coefficient (Wildman–Crippen LogP) is 2.33. The van der Waals surface area contributed by atoms with Crippen molar-refractivity contribution < 1.29 is 5.11 Å². The molecule has 1 aromatic rings. The highest BCUT2D eigenvalue weighted by molar-refractivity contribution is 5.73. The number of allylic oxidation sites excluding steroid dienone is 1. The van der Waals surface area contributed by atoms with Crippen molar-refractivity contribution in [3.8, 4) is 5.75 Å². The van der Waals surface area contributed by atoms with E-state index in [1.54, 1.807) is 6.07 Å². The number of fused-ring (bicyclic) bond motifs is 1. The van der Waals surface area contributed by atoms with Crippen LogP contribution in [0, 0.1) is 0 Å². The molecule has 1 unspecified atom stereocenters. The van der Waals surface area contributed by atoms with Gasteiger partial charge in [0, 0.05) is 6.04 Å². The van der Waals surface area contributed by atoms with Crippen molar-refractivity contribution in [3.05, 3.63) is 35.4 Å². The number of likely N-dealkylation sites (N-methyl/N-ethyl adjacent to an activating group) is 1. The Hall–Kier alpha value is -1.28. The fourth-order valence-electron chi connectivity index (χ4n) is 2.13. The SMILES string of the molecule is CNC(C)C1=CCCc2cc(O)ccc21. The van der Waals surface area contributed by atoms with Gasteiger partial charge in [0.25, 0.3) is 0 Å². The zero-order chi connectivity index (χ0) is 10.8. The Morgan fingerprint density at radius 3 is 2.93 bits per heavy atom. The smallest absolute Gasteiger partial charge is 0.115 e. The van der Waals surface area contributed by atoms with Crippen molar-refractivity contribution in [1.29, 1.82) is 0 Å². The molecule has 1 aliphatic rings. The minimum atomic E-state index is 0.368. The summed E-state index contributed by atoms with van der Waals surface area (Å²) in [5.74, 6) is 0.368. The summed E-state index contributed by atoms with van der Waals surface area (Å²) in [6.45, 7) is 2.16. The van der Waals surface area contributed by atoms with E-state index in [2.05, 4.69) is 18.3 Å². The van der Waals surface area contributed by atoms with Crippen LogP contribution in [0.1, 0.15) is 24.5 Å². The maximum Gasteiger partial charge on any atom is 0.115 e. The fourth-order valence-corrected chi connectivity index (χ4v) is 2.13. The summed E-state index contributed by atoms with van der Waals surface area (Å²) >= 11 is 0. The topological polar surface area (TPSA) is 32.3 Å². The number of phenols is 1. The Morgan fingerprint density at radius 1 is 1.40 bits per heavy atom. The highest BCUT2D eigenvalue weighted by atomic mass is 16.3. The number of hydrogen-bond acceptors (Lipinski definition) is 2. The fraction of sp³-hybridized carbons (Fsp3) is 0.385. The average Bonchev–Trinajstić information content (AvgIpc) is 2.26. The van der Waals surface area contributed by atoms with Crippen LogP contribution in [0.4, 0.5) is 0 Å². The lowest BCUT2D eigenvalue weighted by Crippen LogP contribution is -2.24. The molecule has 0 heterocycles. The van der Waals surface area contributed by atoms with Gasteiger partial charge >= 0.3 is 0 Å². The predicted molar refractivity (Wildman–Crippen MR) is 62.9 cm³/mol. The molecule has 0 saturated heterocycles. The van der Waals surface area contributed by atoms with Gasteiger partial charge in [-0.1, -0.05) is 12.1 Å². The molecule has 0 bridgehead atoms. The third-order valence-corrected chi connectivity index (χ3v) is 3.08. The van der Waals surface area contributed by atoms with Crippen LogP contribution in [0.15, 0.2) is 24.3 Å². The van der Waals surface area contributed by atoms with Crippen LogP contribution in [-0.4, -0.2) is 18.2 Å². The Labute approximate surface area is 90.6 Å². The second-order valence-electron chi connectivity index (χ2n) is 4.05. The number of phenolic OH excluding ortho intramolecular Hbond substituents is 1. The molecule has 0 saturated carbocycles. The number of rotatable bonds is 2. The second-order valence-corrected chi connectivity index (χ2v) is 4.05. The molecule has 2 rings (SSSR count). The Kier molecular flexibility index (Phi) is 2.78.